The maximum atomic E-state index is 11.0. The van der Waals surface area contributed by atoms with E-state index in [9.17, 15) is 12.6 Å². The average molecular weight is 204 g/mol. The molecule has 1 atom stereocenters. The van der Waals surface area contributed by atoms with Crippen molar-refractivity contribution in [1.82, 2.24) is 0 Å². The molecule has 0 aliphatic carbocycles. The van der Waals surface area contributed by atoms with Crippen molar-refractivity contribution < 1.29 is 16.3 Å². The molecule has 1 unspecified atom stereocenters. The van der Waals surface area contributed by atoms with Gasteiger partial charge in [0.25, 0.3) is 0 Å². The van der Waals surface area contributed by atoms with Crippen LogP contribution in [0.25, 0.3) is 0 Å². The van der Waals surface area contributed by atoms with E-state index in [-0.39, 0.29) is 9.79 Å². The van der Waals surface area contributed by atoms with Crippen molar-refractivity contribution in [2.45, 2.75) is 9.79 Å². The van der Waals surface area contributed by atoms with E-state index in [1.165, 1.54) is 12.1 Å². The molecule has 64 valence electrons. The highest BCUT2D eigenvalue weighted by molar-refractivity contribution is 7.99. The van der Waals surface area contributed by atoms with E-state index in [2.05, 4.69) is 3.63 Å². The van der Waals surface area contributed by atoms with E-state index in [1.54, 1.807) is 12.1 Å². The zero-order valence-electron chi connectivity index (χ0n) is 5.76. The van der Waals surface area contributed by atoms with Gasteiger partial charge in [-0.05, 0) is 12.1 Å². The molecule has 0 radical (unpaired) electrons. The minimum atomic E-state index is -3.75. The zero-order chi connectivity index (χ0) is 8.77. The van der Waals surface area contributed by atoms with Crippen LogP contribution in [0.4, 0.5) is 0 Å². The third-order valence-corrected chi connectivity index (χ3v) is 4.40. The Balaban J connectivity index is 2.83. The van der Waals surface area contributed by atoms with Crippen molar-refractivity contribution >= 4 is 21.2 Å². The van der Waals surface area contributed by atoms with E-state index < -0.39 is 21.2 Å². The predicted molar refractivity (Wildman–Crippen MR) is 41.1 cm³/mol. The summed E-state index contributed by atoms with van der Waals surface area (Å²) in [5.74, 6) is 0. The molecule has 6 heteroatoms. The van der Waals surface area contributed by atoms with Gasteiger partial charge in [0.1, 0.15) is 4.90 Å². The van der Waals surface area contributed by atoms with Crippen molar-refractivity contribution in [3.8, 4) is 0 Å². The van der Waals surface area contributed by atoms with Crippen molar-refractivity contribution in [1.29, 1.82) is 0 Å². The first-order chi connectivity index (χ1) is 5.61. The fraction of sp³-hybridized carbons (Fsp3) is 0. The number of fused-ring (bicyclic) bond motifs is 1. The number of hydrogen-bond acceptors (Lipinski definition) is 4. The molecular formula is C6H4O4S2. The van der Waals surface area contributed by atoms with Gasteiger partial charge in [-0.25, -0.2) is 4.21 Å². The summed E-state index contributed by atoms with van der Waals surface area (Å²) < 4.78 is 37.4. The van der Waals surface area contributed by atoms with Crippen LogP contribution in [0.3, 0.4) is 0 Å². The Labute approximate surface area is 72.0 Å². The molecule has 0 bridgehead atoms. The van der Waals surface area contributed by atoms with E-state index >= 15 is 0 Å². The Hall–Kier alpha value is -0.720. The second-order valence-electron chi connectivity index (χ2n) is 2.20. The summed E-state index contributed by atoms with van der Waals surface area (Å²) in [6, 6.07) is 6.01. The van der Waals surface area contributed by atoms with Crippen LogP contribution in [0, 0.1) is 0 Å². The topological polar surface area (TPSA) is 60.4 Å². The molecule has 2 rings (SSSR count). The molecule has 12 heavy (non-hydrogen) atoms. The largest absolute Gasteiger partial charge is 0.311 e. The fourth-order valence-electron chi connectivity index (χ4n) is 0.949. The molecular weight excluding hydrogens is 200 g/mol. The number of benzene rings is 1. The summed E-state index contributed by atoms with van der Waals surface area (Å²) >= 11 is -1.86. The molecule has 4 nitrogen and oxygen atoms in total. The van der Waals surface area contributed by atoms with Crippen molar-refractivity contribution in [3.63, 3.8) is 0 Å². The van der Waals surface area contributed by atoms with Crippen LogP contribution in [-0.2, 0) is 24.8 Å². The average Bonchev–Trinajstić information content (AvgIpc) is 2.25. The van der Waals surface area contributed by atoms with Gasteiger partial charge < -0.3 is 0 Å². The first-order valence-corrected chi connectivity index (χ1v) is 5.55. The fourth-order valence-corrected chi connectivity index (χ4v) is 3.68. The monoisotopic (exact) mass is 204 g/mol. The van der Waals surface area contributed by atoms with Gasteiger partial charge in [0.2, 0.25) is 11.1 Å². The third kappa shape index (κ3) is 0.996. The highest BCUT2D eigenvalue weighted by Crippen LogP contribution is 2.29. The number of rotatable bonds is 0. The van der Waals surface area contributed by atoms with Crippen LogP contribution >= 0.6 is 0 Å². The summed E-state index contributed by atoms with van der Waals surface area (Å²) in [4.78, 5) is 0.223. The third-order valence-electron chi connectivity index (χ3n) is 1.45. The van der Waals surface area contributed by atoms with Gasteiger partial charge in [-0.15, -0.1) is 0 Å². The van der Waals surface area contributed by atoms with Crippen LogP contribution in [-0.4, -0.2) is 12.6 Å². The second kappa shape index (κ2) is 2.38. The molecule has 0 fully saturated rings. The molecule has 0 aromatic heterocycles. The predicted octanol–water partition coefficient (Wildman–Crippen LogP) is 0.428. The van der Waals surface area contributed by atoms with Gasteiger partial charge in [-0.1, -0.05) is 12.1 Å². The standard InChI is InChI=1S/C6H4O4S2/c7-11-5-3-1-2-4-6(5)12(8,9)10-11/h1-4H. The van der Waals surface area contributed by atoms with Crippen LogP contribution in [0.2, 0.25) is 0 Å². The molecule has 0 amide bonds. The SMILES string of the molecule is O=S1OS(=O)(=O)c2ccccc21. The van der Waals surface area contributed by atoms with E-state index in [0.29, 0.717) is 0 Å². The normalized spacial score (nSPS) is 25.2. The van der Waals surface area contributed by atoms with E-state index in [4.69, 9.17) is 0 Å². The lowest BCUT2D eigenvalue weighted by Crippen LogP contribution is -1.96. The van der Waals surface area contributed by atoms with Crippen LogP contribution in [0.15, 0.2) is 34.1 Å². The van der Waals surface area contributed by atoms with Crippen LogP contribution in [0.5, 0.6) is 0 Å². The number of hydrogen-bond donors (Lipinski definition) is 0. The van der Waals surface area contributed by atoms with Gasteiger partial charge >= 0.3 is 10.1 Å². The molecule has 1 heterocycles. The summed E-state index contributed by atoms with van der Waals surface area (Å²) in [5.41, 5.74) is 0. The molecule has 1 aromatic carbocycles. The first kappa shape index (κ1) is 7.90. The van der Waals surface area contributed by atoms with Crippen molar-refractivity contribution in [2.24, 2.45) is 0 Å². The summed E-state index contributed by atoms with van der Waals surface area (Å²) in [5, 5.41) is 0. The quantitative estimate of drug-likeness (QED) is 0.614. The highest BCUT2D eigenvalue weighted by Gasteiger charge is 2.33. The lowest BCUT2D eigenvalue weighted by Gasteiger charge is -1.89. The van der Waals surface area contributed by atoms with Gasteiger partial charge in [0.15, 0.2) is 0 Å². The minimum absolute atomic E-state index is 0.00309. The summed E-state index contributed by atoms with van der Waals surface area (Å²) in [6.45, 7) is 0. The Morgan fingerprint density at radius 3 is 2.58 bits per heavy atom. The van der Waals surface area contributed by atoms with E-state index in [0.717, 1.165) is 0 Å². The smallest absolute Gasteiger partial charge is 0.223 e. The first-order valence-electron chi connectivity index (χ1n) is 3.07. The lowest BCUT2D eigenvalue weighted by atomic mass is 10.4. The van der Waals surface area contributed by atoms with Crippen molar-refractivity contribution in [3.05, 3.63) is 24.3 Å². The molecule has 1 aromatic rings. The Bertz CT molecular complexity index is 448. The van der Waals surface area contributed by atoms with Gasteiger partial charge in [0, 0.05) is 0 Å². The van der Waals surface area contributed by atoms with Gasteiger partial charge in [-0.3, -0.25) is 0 Å². The Morgan fingerprint density at radius 2 is 1.92 bits per heavy atom. The maximum absolute atomic E-state index is 11.0. The molecule has 1 aliphatic heterocycles. The van der Waals surface area contributed by atoms with Gasteiger partial charge in [0.05, 0.1) is 4.90 Å². The molecule has 0 N–H and O–H groups in total. The van der Waals surface area contributed by atoms with E-state index in [1.807, 2.05) is 0 Å². The summed E-state index contributed by atoms with van der Waals surface area (Å²) in [6.07, 6.45) is 0. The Morgan fingerprint density at radius 1 is 1.25 bits per heavy atom. The second-order valence-corrected chi connectivity index (χ2v) is 5.01. The van der Waals surface area contributed by atoms with Gasteiger partial charge in [-0.2, -0.15) is 12.0 Å². The molecule has 1 aliphatic rings. The van der Waals surface area contributed by atoms with Crippen molar-refractivity contribution in [2.75, 3.05) is 0 Å². The summed E-state index contributed by atoms with van der Waals surface area (Å²) in [7, 11) is -3.75. The minimum Gasteiger partial charge on any atom is -0.223 e. The molecule has 0 saturated carbocycles. The van der Waals surface area contributed by atoms with Crippen LogP contribution < -0.4 is 0 Å². The molecule has 0 saturated heterocycles. The molecule has 0 spiro atoms. The zero-order valence-corrected chi connectivity index (χ0v) is 7.39. The maximum Gasteiger partial charge on any atom is 0.311 e. The van der Waals surface area contributed by atoms with Crippen LogP contribution in [0.1, 0.15) is 0 Å². The lowest BCUT2D eigenvalue weighted by molar-refractivity contribution is 0.509. The highest BCUT2D eigenvalue weighted by atomic mass is 32.3. The Kier molecular flexibility index (Phi) is 1.57.